The lowest BCUT2D eigenvalue weighted by Gasteiger charge is -2.18. The summed E-state index contributed by atoms with van der Waals surface area (Å²) in [6, 6.07) is 5.90. The number of rotatable bonds is 5. The number of hydrogen-bond donors (Lipinski definition) is 1. The topological polar surface area (TPSA) is 77.9 Å². The van der Waals surface area contributed by atoms with Gasteiger partial charge in [-0.05, 0) is 44.8 Å². The Morgan fingerprint density at radius 2 is 1.68 bits per heavy atom. The first-order chi connectivity index (χ1) is 11.9. The SMILES string of the molecule is COc1cc(-c2cc(N)c3nnc(C)n3c2)cc(OC)c1CN(C)C. The molecule has 0 unspecified atom stereocenters. The van der Waals surface area contributed by atoms with Crippen LogP contribution in [0.4, 0.5) is 5.69 Å². The van der Waals surface area contributed by atoms with Crippen molar-refractivity contribution in [3.8, 4) is 22.6 Å². The van der Waals surface area contributed by atoms with Gasteiger partial charge in [0.05, 0.1) is 25.5 Å². The molecule has 0 saturated heterocycles. The highest BCUT2D eigenvalue weighted by molar-refractivity contribution is 5.76. The van der Waals surface area contributed by atoms with Gasteiger partial charge in [-0.1, -0.05) is 0 Å². The second-order valence-corrected chi connectivity index (χ2v) is 6.22. The fourth-order valence-corrected chi connectivity index (χ4v) is 2.91. The minimum Gasteiger partial charge on any atom is -0.496 e. The fraction of sp³-hybridized carbons (Fsp3) is 0.333. The summed E-state index contributed by atoms with van der Waals surface area (Å²) in [6.07, 6.45) is 1.97. The predicted octanol–water partition coefficient (Wildman–Crippen LogP) is 2.37. The van der Waals surface area contributed by atoms with Gasteiger partial charge in [-0.25, -0.2) is 0 Å². The summed E-state index contributed by atoms with van der Waals surface area (Å²) >= 11 is 0. The van der Waals surface area contributed by atoms with Crippen molar-refractivity contribution < 1.29 is 9.47 Å². The van der Waals surface area contributed by atoms with E-state index in [2.05, 4.69) is 15.1 Å². The second-order valence-electron chi connectivity index (χ2n) is 6.22. The van der Waals surface area contributed by atoms with Crippen LogP contribution in [0.1, 0.15) is 11.4 Å². The normalized spacial score (nSPS) is 11.3. The number of ether oxygens (including phenoxy) is 2. The molecule has 0 fully saturated rings. The van der Waals surface area contributed by atoms with E-state index in [1.54, 1.807) is 14.2 Å². The molecule has 0 aliphatic heterocycles. The molecule has 3 rings (SSSR count). The Bertz CT molecular complexity index is 892. The van der Waals surface area contributed by atoms with Gasteiger partial charge in [0.1, 0.15) is 17.3 Å². The van der Waals surface area contributed by atoms with Crippen LogP contribution in [0.25, 0.3) is 16.8 Å². The van der Waals surface area contributed by atoms with Crippen LogP contribution in [-0.4, -0.2) is 47.8 Å². The quantitative estimate of drug-likeness (QED) is 0.768. The monoisotopic (exact) mass is 341 g/mol. The maximum absolute atomic E-state index is 6.15. The van der Waals surface area contributed by atoms with Crippen molar-refractivity contribution in [3.63, 3.8) is 0 Å². The van der Waals surface area contributed by atoms with Crippen molar-refractivity contribution in [1.82, 2.24) is 19.5 Å². The first-order valence-electron chi connectivity index (χ1n) is 7.95. The lowest BCUT2D eigenvalue weighted by Crippen LogP contribution is -2.12. The number of benzene rings is 1. The molecule has 0 amide bonds. The molecule has 0 radical (unpaired) electrons. The summed E-state index contributed by atoms with van der Waals surface area (Å²) in [6.45, 7) is 2.61. The van der Waals surface area contributed by atoms with Gasteiger partial charge in [0, 0.05) is 18.3 Å². The number of anilines is 1. The van der Waals surface area contributed by atoms with Gasteiger partial charge in [-0.3, -0.25) is 4.40 Å². The van der Waals surface area contributed by atoms with Gasteiger partial charge in [-0.2, -0.15) is 0 Å². The van der Waals surface area contributed by atoms with Crippen molar-refractivity contribution in [2.45, 2.75) is 13.5 Å². The Labute approximate surface area is 147 Å². The molecule has 0 aliphatic rings. The van der Waals surface area contributed by atoms with Gasteiger partial charge >= 0.3 is 0 Å². The molecule has 0 spiro atoms. The zero-order chi connectivity index (χ0) is 18.1. The summed E-state index contributed by atoms with van der Waals surface area (Å²) in [5, 5.41) is 8.18. The van der Waals surface area contributed by atoms with Gasteiger partial charge in [0.15, 0.2) is 5.65 Å². The number of nitrogen functional groups attached to an aromatic ring is 1. The van der Waals surface area contributed by atoms with Gasteiger partial charge in [0.2, 0.25) is 0 Å². The van der Waals surface area contributed by atoms with Gasteiger partial charge < -0.3 is 20.1 Å². The molecular weight excluding hydrogens is 318 g/mol. The van der Waals surface area contributed by atoms with Crippen LogP contribution in [0.5, 0.6) is 11.5 Å². The van der Waals surface area contributed by atoms with Crippen LogP contribution in [0.15, 0.2) is 24.4 Å². The first-order valence-corrected chi connectivity index (χ1v) is 7.95. The fourth-order valence-electron chi connectivity index (χ4n) is 2.91. The number of hydrogen-bond acceptors (Lipinski definition) is 6. The minimum absolute atomic E-state index is 0.577. The van der Waals surface area contributed by atoms with E-state index in [1.807, 2.05) is 49.8 Å². The smallest absolute Gasteiger partial charge is 0.184 e. The molecule has 2 aromatic heterocycles. The van der Waals surface area contributed by atoms with Crippen LogP contribution in [0, 0.1) is 6.92 Å². The summed E-state index contributed by atoms with van der Waals surface area (Å²) in [5.74, 6) is 2.34. The zero-order valence-electron chi connectivity index (χ0n) is 15.2. The Morgan fingerprint density at radius 3 is 2.24 bits per heavy atom. The highest BCUT2D eigenvalue weighted by atomic mass is 16.5. The average Bonchev–Trinajstić information content (AvgIpc) is 2.96. The number of nitrogens with zero attached hydrogens (tertiary/aromatic N) is 4. The van der Waals surface area contributed by atoms with Crippen LogP contribution in [-0.2, 0) is 6.54 Å². The van der Waals surface area contributed by atoms with E-state index in [9.17, 15) is 0 Å². The number of methoxy groups -OCH3 is 2. The van der Waals surface area contributed by atoms with E-state index in [1.165, 1.54) is 0 Å². The molecule has 7 nitrogen and oxygen atoms in total. The Hall–Kier alpha value is -2.80. The highest BCUT2D eigenvalue weighted by Gasteiger charge is 2.16. The van der Waals surface area contributed by atoms with Crippen molar-refractivity contribution in [2.75, 3.05) is 34.0 Å². The number of pyridine rings is 1. The molecule has 2 heterocycles. The summed E-state index contributed by atoms with van der Waals surface area (Å²) < 4.78 is 13.1. The zero-order valence-corrected chi connectivity index (χ0v) is 15.2. The van der Waals surface area contributed by atoms with Crippen molar-refractivity contribution in [2.24, 2.45) is 0 Å². The molecule has 0 saturated carbocycles. The molecule has 0 bridgehead atoms. The third-order valence-corrected chi connectivity index (χ3v) is 4.12. The largest absolute Gasteiger partial charge is 0.496 e. The summed E-state index contributed by atoms with van der Waals surface area (Å²) in [7, 11) is 7.35. The maximum atomic E-state index is 6.15. The Balaban J connectivity index is 2.18. The van der Waals surface area contributed by atoms with Crippen molar-refractivity contribution in [3.05, 3.63) is 35.8 Å². The molecule has 0 aliphatic carbocycles. The third kappa shape index (κ3) is 3.10. The van der Waals surface area contributed by atoms with Crippen LogP contribution in [0.2, 0.25) is 0 Å². The molecule has 1 aromatic carbocycles. The lowest BCUT2D eigenvalue weighted by atomic mass is 10.0. The summed E-state index contributed by atoms with van der Waals surface area (Å²) in [4.78, 5) is 2.07. The van der Waals surface area contributed by atoms with E-state index in [-0.39, 0.29) is 0 Å². The Morgan fingerprint density at radius 1 is 1.04 bits per heavy atom. The lowest BCUT2D eigenvalue weighted by molar-refractivity contribution is 0.349. The van der Waals surface area contributed by atoms with E-state index in [4.69, 9.17) is 15.2 Å². The number of fused-ring (bicyclic) bond motifs is 1. The second kappa shape index (κ2) is 6.60. The van der Waals surface area contributed by atoms with Gasteiger partial charge in [-0.15, -0.1) is 10.2 Å². The predicted molar refractivity (Wildman–Crippen MR) is 98.1 cm³/mol. The third-order valence-electron chi connectivity index (χ3n) is 4.12. The molecule has 0 atom stereocenters. The van der Waals surface area contributed by atoms with Crippen molar-refractivity contribution in [1.29, 1.82) is 0 Å². The molecule has 25 heavy (non-hydrogen) atoms. The first kappa shape index (κ1) is 17.0. The average molecular weight is 341 g/mol. The Kier molecular flexibility index (Phi) is 4.50. The van der Waals surface area contributed by atoms with E-state index in [0.29, 0.717) is 11.3 Å². The van der Waals surface area contributed by atoms with E-state index < -0.39 is 0 Å². The molecule has 2 N–H and O–H groups in total. The standard InChI is InChI=1S/C18H23N5O2/c1-11-20-21-18-15(19)6-13(9-23(11)18)12-7-16(24-4)14(10-22(2)3)17(8-12)25-5/h6-9H,10,19H2,1-5H3. The van der Waals surface area contributed by atoms with Crippen molar-refractivity contribution >= 4 is 11.3 Å². The van der Waals surface area contributed by atoms with Crippen LogP contribution < -0.4 is 15.2 Å². The number of nitrogens with two attached hydrogens (primary N) is 1. The molecule has 132 valence electrons. The number of aryl methyl sites for hydroxylation is 1. The minimum atomic E-state index is 0.577. The van der Waals surface area contributed by atoms with E-state index in [0.717, 1.165) is 40.6 Å². The number of aromatic nitrogens is 3. The van der Waals surface area contributed by atoms with Crippen LogP contribution >= 0.6 is 0 Å². The van der Waals surface area contributed by atoms with Gasteiger partial charge in [0.25, 0.3) is 0 Å². The van der Waals surface area contributed by atoms with E-state index >= 15 is 0 Å². The maximum Gasteiger partial charge on any atom is 0.184 e. The molecular formula is C18H23N5O2. The molecule has 3 aromatic rings. The van der Waals surface area contributed by atoms with Crippen LogP contribution in [0.3, 0.4) is 0 Å². The molecule has 7 heteroatoms. The highest BCUT2D eigenvalue weighted by Crippen LogP contribution is 2.36. The summed E-state index contributed by atoms with van der Waals surface area (Å²) in [5.41, 5.74) is 10.3.